The molecule has 0 aliphatic rings. The fraction of sp³-hybridized carbons (Fsp3) is 0.235. The molecular weight excluding hydrogens is 377 g/mol. The van der Waals surface area contributed by atoms with Crippen LogP contribution in [0, 0.1) is 17.5 Å². The number of anilines is 3. The van der Waals surface area contributed by atoms with Gasteiger partial charge in [0, 0.05) is 11.8 Å². The van der Waals surface area contributed by atoms with Gasteiger partial charge in [0.1, 0.15) is 11.6 Å². The maximum atomic E-state index is 14.1. The Hall–Kier alpha value is -3.18. The van der Waals surface area contributed by atoms with Crippen LogP contribution in [0.25, 0.3) is 0 Å². The molecule has 11 heteroatoms. The van der Waals surface area contributed by atoms with Gasteiger partial charge in [0.05, 0.1) is 43.9 Å². The van der Waals surface area contributed by atoms with Gasteiger partial charge in [-0.1, -0.05) is 0 Å². The highest BCUT2D eigenvalue weighted by atomic mass is 19.1. The number of hydrogen-bond acceptors (Lipinski definition) is 7. The third kappa shape index (κ3) is 4.56. The summed E-state index contributed by atoms with van der Waals surface area (Å²) in [4.78, 5) is 7.77. The van der Waals surface area contributed by atoms with Crippen molar-refractivity contribution >= 4 is 17.5 Å². The Morgan fingerprint density at radius 1 is 1.11 bits per heavy atom. The van der Waals surface area contributed by atoms with Crippen molar-refractivity contribution in [3.63, 3.8) is 0 Å². The number of rotatable bonds is 8. The summed E-state index contributed by atoms with van der Waals surface area (Å²) in [5, 5.41) is 27.8. The lowest BCUT2D eigenvalue weighted by Crippen LogP contribution is -2.18. The summed E-state index contributed by atoms with van der Waals surface area (Å²) in [7, 11) is 0. The van der Waals surface area contributed by atoms with Crippen molar-refractivity contribution in [2.45, 2.75) is 12.6 Å². The summed E-state index contributed by atoms with van der Waals surface area (Å²) in [5.74, 6) is -2.57. The molecule has 0 bridgehead atoms. The van der Waals surface area contributed by atoms with Gasteiger partial charge >= 0.3 is 0 Å². The summed E-state index contributed by atoms with van der Waals surface area (Å²) in [6, 6.07) is 1.65. The van der Waals surface area contributed by atoms with Crippen LogP contribution >= 0.6 is 0 Å². The minimum Gasteiger partial charge on any atom is -0.394 e. The minimum absolute atomic E-state index is 0.0175. The average molecular weight is 394 g/mol. The first-order valence-corrected chi connectivity index (χ1v) is 8.25. The molecule has 0 spiro atoms. The first-order valence-electron chi connectivity index (χ1n) is 8.25. The van der Waals surface area contributed by atoms with Crippen LogP contribution in [-0.2, 0) is 6.54 Å². The molecule has 3 aromatic rings. The zero-order chi connectivity index (χ0) is 20.1. The second-order valence-corrected chi connectivity index (χ2v) is 5.78. The Morgan fingerprint density at radius 2 is 1.93 bits per heavy atom. The summed E-state index contributed by atoms with van der Waals surface area (Å²) in [5.41, 5.74) is 0.334. The maximum Gasteiger partial charge on any atom is 0.229 e. The summed E-state index contributed by atoms with van der Waals surface area (Å²) in [6.07, 6.45) is 3.95. The van der Waals surface area contributed by atoms with Crippen molar-refractivity contribution in [3.05, 3.63) is 59.8 Å². The first kappa shape index (κ1) is 19.6. The average Bonchev–Trinajstić information content (AvgIpc) is 3.11. The minimum atomic E-state index is -1.12. The van der Waals surface area contributed by atoms with E-state index in [-0.39, 0.29) is 23.9 Å². The third-order valence-electron chi connectivity index (χ3n) is 3.79. The van der Waals surface area contributed by atoms with E-state index in [0.29, 0.717) is 12.2 Å². The van der Waals surface area contributed by atoms with Crippen LogP contribution in [0.4, 0.5) is 30.6 Å². The van der Waals surface area contributed by atoms with Crippen LogP contribution in [0.1, 0.15) is 11.6 Å². The van der Waals surface area contributed by atoms with Gasteiger partial charge in [0.25, 0.3) is 0 Å². The smallest absolute Gasteiger partial charge is 0.229 e. The van der Waals surface area contributed by atoms with Gasteiger partial charge in [-0.25, -0.2) is 18.2 Å². The van der Waals surface area contributed by atoms with E-state index in [1.807, 2.05) is 0 Å². The molecule has 3 rings (SSSR count). The quantitative estimate of drug-likeness (QED) is 0.463. The Labute approximate surface area is 157 Å². The van der Waals surface area contributed by atoms with E-state index >= 15 is 0 Å². The van der Waals surface area contributed by atoms with E-state index in [0.717, 1.165) is 24.4 Å². The second kappa shape index (κ2) is 8.67. The van der Waals surface area contributed by atoms with Gasteiger partial charge in [0.15, 0.2) is 11.6 Å². The molecule has 1 atom stereocenters. The fourth-order valence-corrected chi connectivity index (χ4v) is 2.48. The van der Waals surface area contributed by atoms with Crippen molar-refractivity contribution in [2.24, 2.45) is 0 Å². The molecule has 0 aliphatic heterocycles. The van der Waals surface area contributed by atoms with E-state index in [4.69, 9.17) is 5.11 Å². The van der Waals surface area contributed by atoms with Gasteiger partial charge < -0.3 is 20.8 Å². The molecule has 2 aromatic heterocycles. The molecular formula is C17H17F3N6O2. The number of halogens is 3. The van der Waals surface area contributed by atoms with E-state index in [1.165, 1.54) is 10.9 Å². The topological polar surface area (TPSA) is 108 Å². The van der Waals surface area contributed by atoms with E-state index in [1.54, 1.807) is 6.20 Å². The molecule has 148 valence electrons. The van der Waals surface area contributed by atoms with Crippen LogP contribution in [0.15, 0.2) is 36.8 Å². The first-order chi connectivity index (χ1) is 13.5. The normalized spacial score (nSPS) is 12.0. The monoisotopic (exact) mass is 394 g/mol. The number of aliphatic hydroxyl groups is 2. The molecule has 28 heavy (non-hydrogen) atoms. The van der Waals surface area contributed by atoms with Crippen LogP contribution in [0.2, 0.25) is 0 Å². The largest absolute Gasteiger partial charge is 0.394 e. The number of aromatic nitrogens is 4. The number of hydrogen-bond donors (Lipinski definition) is 4. The van der Waals surface area contributed by atoms with E-state index < -0.39 is 30.1 Å². The number of aliphatic hydroxyl groups excluding tert-OH is 2. The summed E-state index contributed by atoms with van der Waals surface area (Å²) in [6.45, 7) is -0.405. The van der Waals surface area contributed by atoms with Crippen molar-refractivity contribution in [2.75, 3.05) is 23.8 Å². The maximum absolute atomic E-state index is 14.1. The Balaban J connectivity index is 1.81. The van der Waals surface area contributed by atoms with Gasteiger partial charge in [-0.05, 0) is 18.2 Å². The van der Waals surface area contributed by atoms with Gasteiger partial charge in [0.2, 0.25) is 5.95 Å². The molecule has 0 saturated heterocycles. The molecule has 8 nitrogen and oxygen atoms in total. The lowest BCUT2D eigenvalue weighted by atomic mass is 10.1. The molecule has 2 heterocycles. The predicted molar refractivity (Wildman–Crippen MR) is 94.4 cm³/mol. The molecule has 1 unspecified atom stereocenters. The zero-order valence-corrected chi connectivity index (χ0v) is 14.5. The molecule has 0 fully saturated rings. The highest BCUT2D eigenvalue weighted by Crippen LogP contribution is 2.24. The number of nitrogens with zero attached hydrogens (tertiary/aromatic N) is 4. The fourth-order valence-electron chi connectivity index (χ4n) is 2.48. The SMILES string of the molecule is OCCn1cc(Nc2ncc(F)c(NC(CO)c3cc(F)ccc3F)n2)cn1. The van der Waals surface area contributed by atoms with Gasteiger partial charge in [-0.3, -0.25) is 4.68 Å². The highest BCUT2D eigenvalue weighted by Gasteiger charge is 2.19. The van der Waals surface area contributed by atoms with E-state index in [2.05, 4.69) is 25.7 Å². The van der Waals surface area contributed by atoms with Crippen molar-refractivity contribution in [3.8, 4) is 0 Å². The van der Waals surface area contributed by atoms with E-state index in [9.17, 15) is 18.3 Å². The predicted octanol–water partition coefficient (Wildman–Crippen LogP) is 1.97. The van der Waals surface area contributed by atoms with Gasteiger partial charge in [-0.2, -0.15) is 10.1 Å². The van der Waals surface area contributed by atoms with Crippen LogP contribution in [0.3, 0.4) is 0 Å². The molecule has 0 radical (unpaired) electrons. The number of nitrogens with one attached hydrogen (secondary N) is 2. The van der Waals surface area contributed by atoms with Gasteiger partial charge in [-0.15, -0.1) is 0 Å². The third-order valence-corrected chi connectivity index (χ3v) is 3.79. The Morgan fingerprint density at radius 3 is 2.68 bits per heavy atom. The summed E-state index contributed by atoms with van der Waals surface area (Å²) < 4.78 is 43.0. The molecule has 0 amide bonds. The number of benzene rings is 1. The lowest BCUT2D eigenvalue weighted by molar-refractivity contribution is 0.269. The van der Waals surface area contributed by atoms with Crippen molar-refractivity contribution in [1.82, 2.24) is 19.7 Å². The Kier molecular flexibility index (Phi) is 6.06. The molecule has 0 aliphatic carbocycles. The zero-order valence-electron chi connectivity index (χ0n) is 14.5. The Bertz CT molecular complexity index is 952. The van der Waals surface area contributed by atoms with Crippen molar-refractivity contribution < 1.29 is 23.4 Å². The second-order valence-electron chi connectivity index (χ2n) is 5.78. The highest BCUT2D eigenvalue weighted by molar-refractivity contribution is 5.53. The lowest BCUT2D eigenvalue weighted by Gasteiger charge is -2.18. The van der Waals surface area contributed by atoms with Crippen LogP contribution in [-0.4, -0.2) is 43.2 Å². The van der Waals surface area contributed by atoms with Crippen molar-refractivity contribution in [1.29, 1.82) is 0 Å². The molecule has 1 aromatic carbocycles. The van der Waals surface area contributed by atoms with Crippen LogP contribution < -0.4 is 10.6 Å². The molecule has 0 saturated carbocycles. The summed E-state index contributed by atoms with van der Waals surface area (Å²) >= 11 is 0. The van der Waals surface area contributed by atoms with Crippen LogP contribution in [0.5, 0.6) is 0 Å². The standard InChI is InChI=1S/C17H17F3N6O2/c18-10-1-2-13(19)12(5-10)15(9-28)24-16-14(20)7-21-17(25-16)23-11-6-22-26(8-11)3-4-27/h1-2,5-8,15,27-28H,3-4,9H2,(H2,21,23,24,25). The molecule has 4 N–H and O–H groups in total.